The molecule has 10 heteroatoms. The molecule has 3 heterocycles. The second kappa shape index (κ2) is 9.93. The van der Waals surface area contributed by atoms with Gasteiger partial charge in [0.15, 0.2) is 18.2 Å². The zero-order chi connectivity index (χ0) is 33.9. The summed E-state index contributed by atoms with van der Waals surface area (Å²) in [6, 6.07) is 0. The van der Waals surface area contributed by atoms with E-state index < -0.39 is 59.6 Å². The monoisotopic (exact) mass is 662 g/mol. The Morgan fingerprint density at radius 2 is 1.62 bits per heavy atom. The van der Waals surface area contributed by atoms with E-state index in [4.69, 9.17) is 23.7 Å². The molecule has 0 aromatic heterocycles. The maximum atomic E-state index is 12.7. The van der Waals surface area contributed by atoms with Crippen molar-refractivity contribution in [3.63, 3.8) is 0 Å². The molecule has 4 N–H and O–H groups in total. The van der Waals surface area contributed by atoms with Crippen LogP contribution in [0.25, 0.3) is 0 Å². The zero-order valence-electron chi connectivity index (χ0n) is 29.5. The van der Waals surface area contributed by atoms with Crippen LogP contribution in [0.15, 0.2) is 0 Å². The van der Waals surface area contributed by atoms with Crippen LogP contribution >= 0.6 is 0 Å². The Balaban J connectivity index is 1.08. The van der Waals surface area contributed by atoms with E-state index in [2.05, 4.69) is 34.6 Å². The number of hydrogen-bond donors (Lipinski definition) is 4. The van der Waals surface area contributed by atoms with Gasteiger partial charge in [-0.3, -0.25) is 4.79 Å². The lowest BCUT2D eigenvalue weighted by atomic mass is 9.41. The summed E-state index contributed by atoms with van der Waals surface area (Å²) in [5.74, 6) is -0.546. The quantitative estimate of drug-likeness (QED) is 0.260. The van der Waals surface area contributed by atoms with E-state index in [0.29, 0.717) is 17.8 Å². The van der Waals surface area contributed by atoms with Crippen molar-refractivity contribution in [2.24, 2.45) is 50.7 Å². The average Bonchev–Trinajstić information content (AvgIpc) is 3.49. The summed E-state index contributed by atoms with van der Waals surface area (Å²) in [5.41, 5.74) is -1.54. The Morgan fingerprint density at radius 1 is 0.936 bits per heavy atom. The SMILES string of the molecule is CC(=O)O[C@H]1[C@H](O[C@H]2CC[C@]34C[C@]35CC[C@]3(C)[C@H]6[C@H](C)CC7O[C@@]6(OC7C(C)(C)O)[C@H](O)[C@@]3(C)C5CCC4C2(C)C)OC[C@@H](O)[C@@H]1O. The fourth-order valence-electron chi connectivity index (χ4n) is 14.3. The highest BCUT2D eigenvalue weighted by molar-refractivity contribution is 5.66. The fourth-order valence-corrected chi connectivity index (χ4v) is 14.3. The van der Waals surface area contributed by atoms with E-state index in [-0.39, 0.29) is 46.4 Å². The molecule has 266 valence electrons. The minimum Gasteiger partial charge on any atom is -0.454 e. The first-order valence-electron chi connectivity index (χ1n) is 18.4. The van der Waals surface area contributed by atoms with Gasteiger partial charge in [0, 0.05) is 18.3 Å². The largest absolute Gasteiger partial charge is 0.454 e. The molecule has 47 heavy (non-hydrogen) atoms. The van der Waals surface area contributed by atoms with Crippen molar-refractivity contribution in [2.45, 2.75) is 167 Å². The summed E-state index contributed by atoms with van der Waals surface area (Å²) in [7, 11) is 0. The normalized spacial score (nSPS) is 58.8. The van der Waals surface area contributed by atoms with E-state index >= 15 is 0 Å². The third-order valence-electron chi connectivity index (χ3n) is 16.2. The molecule has 0 aromatic carbocycles. The molecule has 0 radical (unpaired) electrons. The summed E-state index contributed by atoms with van der Waals surface area (Å²) in [6.07, 6.45) is 1.92. The topological polar surface area (TPSA) is 144 Å². The smallest absolute Gasteiger partial charge is 0.303 e. The number of carbonyl (C=O) groups is 1. The lowest BCUT2D eigenvalue weighted by Gasteiger charge is -2.63. The Bertz CT molecular complexity index is 1310. The number of esters is 1. The highest BCUT2D eigenvalue weighted by Gasteiger charge is 2.88. The summed E-state index contributed by atoms with van der Waals surface area (Å²) < 4.78 is 31.6. The van der Waals surface area contributed by atoms with Gasteiger partial charge in [-0.1, -0.05) is 34.6 Å². The number of rotatable bonds is 4. The van der Waals surface area contributed by atoms with Gasteiger partial charge in [0.05, 0.1) is 24.4 Å². The van der Waals surface area contributed by atoms with Crippen LogP contribution < -0.4 is 0 Å². The molecule has 8 rings (SSSR count). The van der Waals surface area contributed by atoms with Gasteiger partial charge in [0.25, 0.3) is 0 Å². The number of fused-ring (bicyclic) bond motifs is 4. The molecule has 3 spiro atoms. The van der Waals surface area contributed by atoms with E-state index in [1.54, 1.807) is 13.8 Å². The Hall–Kier alpha value is -0.850. The molecule has 8 aliphatic rings. The van der Waals surface area contributed by atoms with Gasteiger partial charge >= 0.3 is 5.97 Å². The highest BCUT2D eigenvalue weighted by Crippen LogP contribution is 2.90. The number of hydrogen-bond acceptors (Lipinski definition) is 10. The molecule has 3 aliphatic heterocycles. The predicted molar refractivity (Wildman–Crippen MR) is 168 cm³/mol. The lowest BCUT2D eigenvalue weighted by molar-refractivity contribution is -0.305. The highest BCUT2D eigenvalue weighted by atomic mass is 16.8. The van der Waals surface area contributed by atoms with E-state index in [1.807, 2.05) is 0 Å². The third-order valence-corrected chi connectivity index (χ3v) is 16.2. The predicted octanol–water partition coefficient (Wildman–Crippen LogP) is 3.69. The van der Waals surface area contributed by atoms with Gasteiger partial charge in [-0.05, 0) is 105 Å². The van der Waals surface area contributed by atoms with Crippen molar-refractivity contribution in [1.82, 2.24) is 0 Å². The molecule has 10 nitrogen and oxygen atoms in total. The van der Waals surface area contributed by atoms with Gasteiger partial charge in [-0.15, -0.1) is 0 Å². The molecule has 3 saturated heterocycles. The molecule has 8 fully saturated rings. The van der Waals surface area contributed by atoms with Gasteiger partial charge < -0.3 is 44.1 Å². The summed E-state index contributed by atoms with van der Waals surface area (Å²) in [6.45, 7) is 16.5. The van der Waals surface area contributed by atoms with Crippen molar-refractivity contribution in [2.75, 3.05) is 6.61 Å². The van der Waals surface area contributed by atoms with E-state index in [0.717, 1.165) is 51.4 Å². The van der Waals surface area contributed by atoms with Crippen LogP contribution in [0, 0.1) is 50.7 Å². The van der Waals surface area contributed by atoms with Crippen LogP contribution in [0.3, 0.4) is 0 Å². The Kier molecular flexibility index (Phi) is 7.03. The van der Waals surface area contributed by atoms with Crippen molar-refractivity contribution >= 4 is 5.97 Å². The Morgan fingerprint density at radius 3 is 2.30 bits per heavy atom. The van der Waals surface area contributed by atoms with Crippen LogP contribution in [-0.4, -0.2) is 93.4 Å². The maximum absolute atomic E-state index is 12.7. The maximum Gasteiger partial charge on any atom is 0.303 e. The first kappa shape index (κ1) is 33.3. The third kappa shape index (κ3) is 3.94. The molecule has 0 amide bonds. The first-order valence-corrected chi connectivity index (χ1v) is 18.4. The molecular formula is C37H58O10. The van der Waals surface area contributed by atoms with Crippen LogP contribution in [0.5, 0.6) is 0 Å². The van der Waals surface area contributed by atoms with Gasteiger partial charge in [-0.2, -0.15) is 0 Å². The van der Waals surface area contributed by atoms with Crippen LogP contribution in [0.2, 0.25) is 0 Å². The molecule has 2 bridgehead atoms. The van der Waals surface area contributed by atoms with Crippen molar-refractivity contribution in [3.05, 3.63) is 0 Å². The average molecular weight is 663 g/mol. The molecule has 5 aliphatic carbocycles. The van der Waals surface area contributed by atoms with Gasteiger partial charge in [0.1, 0.15) is 24.4 Å². The summed E-state index contributed by atoms with van der Waals surface area (Å²) in [4.78, 5) is 11.9. The minimum atomic E-state index is -1.28. The second-order valence-corrected chi connectivity index (χ2v) is 18.9. The van der Waals surface area contributed by atoms with Crippen molar-refractivity contribution in [1.29, 1.82) is 0 Å². The van der Waals surface area contributed by atoms with Gasteiger partial charge in [0.2, 0.25) is 0 Å². The van der Waals surface area contributed by atoms with Crippen LogP contribution in [0.1, 0.15) is 107 Å². The second-order valence-electron chi connectivity index (χ2n) is 18.9. The standard InChI is InChI=1S/C37H58O10/c1-18-15-21-28(32(5,6)42)47-37(46-21)27(18)33(7)13-14-36-17-35(36)12-11-24(45-29-26(44-19(2)38)25(40)20(39)16-43-29)31(3,4)22(35)9-10-23(36)34(33,8)30(37)41/h18,20-30,39-42H,9-17H2,1-8H3/t18-,20-,21?,22?,23?,24+,25+,26-,27-,28?,29+,30-,33-,34-,35-,36+,37+/m1/s1. The molecule has 4 unspecified atom stereocenters. The van der Waals surface area contributed by atoms with Crippen molar-refractivity contribution < 1.29 is 48.9 Å². The fraction of sp³-hybridized carbons (Fsp3) is 0.973. The number of carbonyl (C=O) groups excluding carboxylic acids is 1. The minimum absolute atomic E-state index is 0.0541. The Labute approximate surface area is 279 Å². The molecule has 5 saturated carbocycles. The molecular weight excluding hydrogens is 604 g/mol. The van der Waals surface area contributed by atoms with Gasteiger partial charge in [-0.25, -0.2) is 0 Å². The number of ether oxygens (including phenoxy) is 5. The van der Waals surface area contributed by atoms with Crippen molar-refractivity contribution in [3.8, 4) is 0 Å². The summed E-state index contributed by atoms with van der Waals surface area (Å²) in [5, 5.41) is 44.7. The lowest BCUT2D eigenvalue weighted by Crippen LogP contribution is -2.61. The zero-order valence-corrected chi connectivity index (χ0v) is 29.5. The molecule has 0 aromatic rings. The van der Waals surface area contributed by atoms with E-state index in [9.17, 15) is 25.2 Å². The number of aliphatic hydroxyl groups is 4. The first-order chi connectivity index (χ1) is 21.8. The van der Waals surface area contributed by atoms with Crippen LogP contribution in [0.4, 0.5) is 0 Å². The summed E-state index contributed by atoms with van der Waals surface area (Å²) >= 11 is 0. The number of aliphatic hydroxyl groups excluding tert-OH is 3. The van der Waals surface area contributed by atoms with Crippen LogP contribution in [-0.2, 0) is 28.5 Å². The van der Waals surface area contributed by atoms with E-state index in [1.165, 1.54) is 6.92 Å². The molecule has 17 atom stereocenters.